The molecular weight excluding hydrogens is 321 g/mol. The van der Waals surface area contributed by atoms with Gasteiger partial charge in [0.25, 0.3) is 5.91 Å². The van der Waals surface area contributed by atoms with E-state index >= 15 is 0 Å². The third-order valence-electron chi connectivity index (χ3n) is 3.29. The van der Waals surface area contributed by atoms with Crippen molar-refractivity contribution < 1.29 is 4.79 Å². The normalized spacial score (nSPS) is 10.4. The molecule has 0 aliphatic rings. The average molecular weight is 338 g/mol. The van der Waals surface area contributed by atoms with Crippen LogP contribution in [0.5, 0.6) is 0 Å². The molecule has 0 atom stereocenters. The highest BCUT2D eigenvalue weighted by Crippen LogP contribution is 2.26. The van der Waals surface area contributed by atoms with Gasteiger partial charge in [0.2, 0.25) is 0 Å². The highest BCUT2D eigenvalue weighted by molar-refractivity contribution is 6.36. The largest absolute Gasteiger partial charge is 0.371 e. The molecule has 0 fully saturated rings. The van der Waals surface area contributed by atoms with Gasteiger partial charge in [-0.3, -0.25) is 9.78 Å². The van der Waals surface area contributed by atoms with Gasteiger partial charge in [0.1, 0.15) is 0 Å². The Bertz CT molecular complexity index is 672. The summed E-state index contributed by atoms with van der Waals surface area (Å²) in [5, 5.41) is 3.69. The number of anilines is 2. The first-order valence-electron chi connectivity index (χ1n) is 7.01. The van der Waals surface area contributed by atoms with Crippen molar-refractivity contribution in [2.45, 2.75) is 13.8 Å². The number of pyridine rings is 1. The molecule has 116 valence electrons. The molecule has 6 heteroatoms. The van der Waals surface area contributed by atoms with Crippen LogP contribution in [-0.4, -0.2) is 24.0 Å². The summed E-state index contributed by atoms with van der Waals surface area (Å²) in [5.74, 6) is -0.259. The van der Waals surface area contributed by atoms with Crippen molar-refractivity contribution in [2.24, 2.45) is 0 Å². The fraction of sp³-hybridized carbons (Fsp3) is 0.250. The molecule has 1 N–H and O–H groups in total. The van der Waals surface area contributed by atoms with Crippen molar-refractivity contribution in [1.82, 2.24) is 4.98 Å². The van der Waals surface area contributed by atoms with Gasteiger partial charge in [-0.15, -0.1) is 0 Å². The van der Waals surface area contributed by atoms with Crippen LogP contribution in [0.3, 0.4) is 0 Å². The minimum absolute atomic E-state index is 0.259. The Kier molecular flexibility index (Phi) is 5.63. The second kappa shape index (κ2) is 7.47. The lowest BCUT2D eigenvalue weighted by Crippen LogP contribution is -2.22. The molecule has 2 rings (SSSR count). The summed E-state index contributed by atoms with van der Waals surface area (Å²) in [7, 11) is 0. The second-order valence-corrected chi connectivity index (χ2v) is 5.53. The van der Waals surface area contributed by atoms with E-state index in [1.807, 2.05) is 6.07 Å². The van der Waals surface area contributed by atoms with Crippen LogP contribution in [-0.2, 0) is 0 Å². The van der Waals surface area contributed by atoms with Gasteiger partial charge in [-0.2, -0.15) is 0 Å². The van der Waals surface area contributed by atoms with Gasteiger partial charge in [-0.25, -0.2) is 0 Å². The number of nitrogens with zero attached hydrogens (tertiary/aromatic N) is 2. The minimum Gasteiger partial charge on any atom is -0.371 e. The van der Waals surface area contributed by atoms with E-state index in [0.29, 0.717) is 21.3 Å². The first-order valence-corrected chi connectivity index (χ1v) is 7.77. The van der Waals surface area contributed by atoms with E-state index in [1.54, 1.807) is 24.4 Å². The molecule has 0 aliphatic carbocycles. The lowest BCUT2D eigenvalue weighted by Gasteiger charge is -2.20. The molecule has 0 saturated heterocycles. The Labute approximate surface area is 140 Å². The number of amides is 1. The summed E-state index contributed by atoms with van der Waals surface area (Å²) in [6.07, 6.45) is 3.28. The molecule has 1 heterocycles. The molecule has 0 unspecified atom stereocenters. The highest BCUT2D eigenvalue weighted by Gasteiger charge is 2.11. The van der Waals surface area contributed by atoms with E-state index in [2.05, 4.69) is 29.0 Å². The fourth-order valence-electron chi connectivity index (χ4n) is 2.10. The van der Waals surface area contributed by atoms with E-state index in [0.717, 1.165) is 18.8 Å². The summed E-state index contributed by atoms with van der Waals surface area (Å²) in [5.41, 5.74) is 1.92. The summed E-state index contributed by atoms with van der Waals surface area (Å²) < 4.78 is 0. The number of hydrogen-bond acceptors (Lipinski definition) is 3. The molecule has 1 amide bonds. The third kappa shape index (κ3) is 3.90. The van der Waals surface area contributed by atoms with Gasteiger partial charge in [-0.05, 0) is 38.1 Å². The van der Waals surface area contributed by atoms with Crippen molar-refractivity contribution in [3.63, 3.8) is 0 Å². The maximum absolute atomic E-state index is 12.3. The zero-order valence-corrected chi connectivity index (χ0v) is 13.9. The molecule has 2 aromatic rings. The molecule has 0 bridgehead atoms. The molecule has 22 heavy (non-hydrogen) atoms. The van der Waals surface area contributed by atoms with Crippen LogP contribution in [0, 0.1) is 0 Å². The predicted molar refractivity (Wildman–Crippen MR) is 92.2 cm³/mol. The Balaban J connectivity index is 2.21. The van der Waals surface area contributed by atoms with Gasteiger partial charge in [0.15, 0.2) is 0 Å². The predicted octanol–water partition coefficient (Wildman–Crippen LogP) is 4.49. The van der Waals surface area contributed by atoms with Crippen LogP contribution in [0.25, 0.3) is 0 Å². The van der Waals surface area contributed by atoms with Crippen LogP contribution in [0.4, 0.5) is 11.4 Å². The number of rotatable bonds is 5. The van der Waals surface area contributed by atoms with Crippen molar-refractivity contribution in [2.75, 3.05) is 23.3 Å². The number of hydrogen-bond donors (Lipinski definition) is 1. The Morgan fingerprint density at radius 3 is 2.55 bits per heavy atom. The van der Waals surface area contributed by atoms with Crippen LogP contribution in [0.2, 0.25) is 10.0 Å². The van der Waals surface area contributed by atoms with Crippen LogP contribution < -0.4 is 10.2 Å². The standard InChI is InChI=1S/C16H17Cl2N3O/c1-3-21(4-2)13-7-11(9-19-10-13)16(22)20-15-6-5-12(17)8-14(15)18/h5-10H,3-4H2,1-2H3,(H,20,22). The van der Waals surface area contributed by atoms with Gasteiger partial charge < -0.3 is 10.2 Å². The van der Waals surface area contributed by atoms with E-state index < -0.39 is 0 Å². The van der Waals surface area contributed by atoms with Crippen molar-refractivity contribution >= 4 is 40.5 Å². The number of carbonyl (C=O) groups excluding carboxylic acids is 1. The van der Waals surface area contributed by atoms with Crippen LogP contribution in [0.15, 0.2) is 36.7 Å². The summed E-state index contributed by atoms with van der Waals surface area (Å²) in [6, 6.07) is 6.75. The Hall–Kier alpha value is -1.78. The Morgan fingerprint density at radius 2 is 1.91 bits per heavy atom. The molecule has 0 saturated carbocycles. The molecule has 1 aromatic heterocycles. The molecule has 4 nitrogen and oxygen atoms in total. The van der Waals surface area contributed by atoms with Gasteiger partial charge in [0.05, 0.1) is 28.2 Å². The lowest BCUT2D eigenvalue weighted by atomic mass is 10.2. The minimum atomic E-state index is -0.259. The van der Waals surface area contributed by atoms with E-state index in [4.69, 9.17) is 23.2 Å². The molecule has 0 radical (unpaired) electrons. The highest BCUT2D eigenvalue weighted by atomic mass is 35.5. The number of nitrogens with one attached hydrogen (secondary N) is 1. The summed E-state index contributed by atoms with van der Waals surface area (Å²) in [6.45, 7) is 5.83. The summed E-state index contributed by atoms with van der Waals surface area (Å²) >= 11 is 11.9. The maximum Gasteiger partial charge on any atom is 0.257 e. The topological polar surface area (TPSA) is 45.2 Å². The Morgan fingerprint density at radius 1 is 1.18 bits per heavy atom. The van der Waals surface area contributed by atoms with Crippen molar-refractivity contribution in [3.8, 4) is 0 Å². The number of halogens is 2. The van der Waals surface area contributed by atoms with Gasteiger partial charge >= 0.3 is 0 Å². The van der Waals surface area contributed by atoms with E-state index in [-0.39, 0.29) is 5.91 Å². The SMILES string of the molecule is CCN(CC)c1cncc(C(=O)Nc2ccc(Cl)cc2Cl)c1. The quantitative estimate of drug-likeness (QED) is 0.874. The molecule has 1 aromatic carbocycles. The lowest BCUT2D eigenvalue weighted by molar-refractivity contribution is 0.102. The van der Waals surface area contributed by atoms with E-state index in [9.17, 15) is 4.79 Å². The maximum atomic E-state index is 12.3. The zero-order chi connectivity index (χ0) is 16.1. The summed E-state index contributed by atoms with van der Waals surface area (Å²) in [4.78, 5) is 18.6. The fourth-order valence-corrected chi connectivity index (χ4v) is 2.55. The number of benzene rings is 1. The first-order chi connectivity index (χ1) is 10.5. The molecule has 0 spiro atoms. The van der Waals surface area contributed by atoms with Crippen molar-refractivity contribution in [3.05, 3.63) is 52.3 Å². The third-order valence-corrected chi connectivity index (χ3v) is 3.84. The zero-order valence-electron chi connectivity index (χ0n) is 12.4. The number of carbonyl (C=O) groups is 1. The van der Waals surface area contributed by atoms with Crippen LogP contribution in [0.1, 0.15) is 24.2 Å². The monoisotopic (exact) mass is 337 g/mol. The van der Waals surface area contributed by atoms with Crippen LogP contribution >= 0.6 is 23.2 Å². The number of aromatic nitrogens is 1. The average Bonchev–Trinajstić information content (AvgIpc) is 2.51. The smallest absolute Gasteiger partial charge is 0.257 e. The van der Waals surface area contributed by atoms with Gasteiger partial charge in [-0.1, -0.05) is 23.2 Å². The van der Waals surface area contributed by atoms with E-state index in [1.165, 1.54) is 6.20 Å². The first kappa shape index (κ1) is 16.6. The second-order valence-electron chi connectivity index (χ2n) is 4.68. The van der Waals surface area contributed by atoms with Crippen molar-refractivity contribution in [1.29, 1.82) is 0 Å². The molecule has 0 aliphatic heterocycles. The van der Waals surface area contributed by atoms with Gasteiger partial charge in [0, 0.05) is 24.3 Å². The molecular formula is C16H17Cl2N3O.